The molecule has 1 aromatic carbocycles. The average Bonchev–Trinajstić information content (AvgIpc) is 3.14. The van der Waals surface area contributed by atoms with Gasteiger partial charge in [0.2, 0.25) is 5.91 Å². The molecule has 6 heteroatoms. The third-order valence-electron chi connectivity index (χ3n) is 3.68. The maximum absolute atomic E-state index is 12.5. The molecule has 2 unspecified atom stereocenters. The van der Waals surface area contributed by atoms with Crippen LogP contribution in [0, 0.1) is 5.92 Å². The van der Waals surface area contributed by atoms with Gasteiger partial charge in [0.15, 0.2) is 0 Å². The Hall–Kier alpha value is -2.18. The summed E-state index contributed by atoms with van der Waals surface area (Å²) in [6, 6.07) is 12.6. The van der Waals surface area contributed by atoms with Gasteiger partial charge in [-0.3, -0.25) is 9.59 Å². The number of rotatable bonds is 8. The molecule has 0 saturated carbocycles. The minimum absolute atomic E-state index is 0.191. The van der Waals surface area contributed by atoms with Gasteiger partial charge in [-0.05, 0) is 29.5 Å². The van der Waals surface area contributed by atoms with Crippen molar-refractivity contribution >= 4 is 23.2 Å². The first-order valence-electron chi connectivity index (χ1n) is 7.96. The Labute approximate surface area is 146 Å². The highest BCUT2D eigenvalue weighted by molar-refractivity contribution is 7.12. The highest BCUT2D eigenvalue weighted by atomic mass is 32.1. The van der Waals surface area contributed by atoms with Gasteiger partial charge in [0, 0.05) is 13.0 Å². The Morgan fingerprint density at radius 1 is 1.17 bits per heavy atom. The maximum Gasteiger partial charge on any atom is 0.262 e. The molecule has 2 rings (SSSR count). The van der Waals surface area contributed by atoms with Gasteiger partial charge in [0.1, 0.15) is 6.04 Å². The monoisotopic (exact) mass is 345 g/mol. The maximum atomic E-state index is 12.5. The number of nitrogens with two attached hydrogens (primary N) is 1. The van der Waals surface area contributed by atoms with Crippen molar-refractivity contribution in [1.82, 2.24) is 10.6 Å². The average molecular weight is 345 g/mol. The van der Waals surface area contributed by atoms with E-state index in [9.17, 15) is 9.59 Å². The smallest absolute Gasteiger partial charge is 0.262 e. The van der Waals surface area contributed by atoms with Gasteiger partial charge in [0.05, 0.1) is 4.88 Å². The van der Waals surface area contributed by atoms with E-state index < -0.39 is 6.04 Å². The van der Waals surface area contributed by atoms with Crippen molar-refractivity contribution in [2.75, 3.05) is 13.1 Å². The molecule has 0 bridgehead atoms. The van der Waals surface area contributed by atoms with Crippen LogP contribution in [0.1, 0.15) is 22.2 Å². The number of nitrogens with one attached hydrogen (secondary N) is 2. The van der Waals surface area contributed by atoms with Crippen LogP contribution in [-0.4, -0.2) is 30.9 Å². The van der Waals surface area contributed by atoms with Crippen LogP contribution in [0.5, 0.6) is 0 Å². The van der Waals surface area contributed by atoms with Gasteiger partial charge in [-0.1, -0.05) is 43.3 Å². The van der Waals surface area contributed by atoms with Gasteiger partial charge in [-0.25, -0.2) is 0 Å². The van der Waals surface area contributed by atoms with Crippen molar-refractivity contribution in [1.29, 1.82) is 0 Å². The fourth-order valence-corrected chi connectivity index (χ4v) is 2.80. The highest BCUT2D eigenvalue weighted by Crippen LogP contribution is 2.10. The minimum atomic E-state index is -0.619. The summed E-state index contributed by atoms with van der Waals surface area (Å²) in [4.78, 5) is 25.4. The van der Waals surface area contributed by atoms with Gasteiger partial charge >= 0.3 is 0 Å². The van der Waals surface area contributed by atoms with Crippen molar-refractivity contribution in [2.45, 2.75) is 19.4 Å². The summed E-state index contributed by atoms with van der Waals surface area (Å²) >= 11 is 1.35. The molecule has 5 nitrogen and oxygen atoms in total. The van der Waals surface area contributed by atoms with E-state index in [-0.39, 0.29) is 17.7 Å². The molecule has 4 N–H and O–H groups in total. The van der Waals surface area contributed by atoms with E-state index in [1.165, 1.54) is 11.3 Å². The Balaban J connectivity index is 2.05. The Bertz CT molecular complexity index is 644. The fraction of sp³-hybridized carbons (Fsp3) is 0.333. The third kappa shape index (κ3) is 5.47. The van der Waals surface area contributed by atoms with Crippen molar-refractivity contribution in [2.24, 2.45) is 11.7 Å². The minimum Gasteiger partial charge on any atom is -0.354 e. The lowest BCUT2D eigenvalue weighted by atomic mass is 10.0. The van der Waals surface area contributed by atoms with Gasteiger partial charge in [0.25, 0.3) is 5.91 Å². The first-order chi connectivity index (χ1) is 11.6. The molecule has 2 amide bonds. The van der Waals surface area contributed by atoms with Crippen molar-refractivity contribution < 1.29 is 9.59 Å². The molecule has 24 heavy (non-hydrogen) atoms. The molecule has 0 spiro atoms. The third-order valence-corrected chi connectivity index (χ3v) is 4.55. The van der Waals surface area contributed by atoms with Crippen molar-refractivity contribution in [3.63, 3.8) is 0 Å². The number of hydrogen-bond acceptors (Lipinski definition) is 4. The zero-order valence-corrected chi connectivity index (χ0v) is 14.5. The zero-order valence-electron chi connectivity index (χ0n) is 13.7. The van der Waals surface area contributed by atoms with Gasteiger partial charge in [-0.15, -0.1) is 11.3 Å². The summed E-state index contributed by atoms with van der Waals surface area (Å²) in [7, 11) is 0. The number of amides is 2. The molecule has 0 aliphatic heterocycles. The second-order valence-corrected chi connectivity index (χ2v) is 6.73. The predicted octanol–water partition coefficient (Wildman–Crippen LogP) is 1.80. The Morgan fingerprint density at radius 2 is 1.92 bits per heavy atom. The number of carbonyl (C=O) groups is 2. The lowest BCUT2D eigenvalue weighted by Crippen LogP contribution is -2.49. The Morgan fingerprint density at radius 3 is 2.54 bits per heavy atom. The van der Waals surface area contributed by atoms with E-state index >= 15 is 0 Å². The largest absolute Gasteiger partial charge is 0.354 e. The van der Waals surface area contributed by atoms with Crippen LogP contribution in [-0.2, 0) is 11.2 Å². The zero-order chi connectivity index (χ0) is 17.4. The van der Waals surface area contributed by atoms with Gasteiger partial charge < -0.3 is 16.4 Å². The van der Waals surface area contributed by atoms with E-state index in [4.69, 9.17) is 5.73 Å². The van der Waals surface area contributed by atoms with Crippen LogP contribution in [0.15, 0.2) is 47.8 Å². The molecule has 128 valence electrons. The molecule has 0 radical (unpaired) electrons. The van der Waals surface area contributed by atoms with E-state index in [2.05, 4.69) is 10.6 Å². The number of thiophene rings is 1. The predicted molar refractivity (Wildman–Crippen MR) is 96.9 cm³/mol. The van der Waals surface area contributed by atoms with Crippen LogP contribution in [0.4, 0.5) is 0 Å². The molecular weight excluding hydrogens is 322 g/mol. The van der Waals surface area contributed by atoms with E-state index in [1.807, 2.05) is 48.7 Å². The SMILES string of the molecule is CC(CN)CNC(=O)C(Cc1ccccc1)NC(=O)c1cccs1. The first kappa shape index (κ1) is 18.2. The topological polar surface area (TPSA) is 84.2 Å². The lowest BCUT2D eigenvalue weighted by Gasteiger charge is -2.19. The van der Waals surface area contributed by atoms with Crippen LogP contribution in [0.2, 0.25) is 0 Å². The fourth-order valence-electron chi connectivity index (χ4n) is 2.18. The quantitative estimate of drug-likeness (QED) is 0.682. The van der Waals surface area contributed by atoms with Crippen LogP contribution >= 0.6 is 11.3 Å². The van der Waals surface area contributed by atoms with Crippen LogP contribution < -0.4 is 16.4 Å². The summed E-state index contributed by atoms with van der Waals surface area (Å²) < 4.78 is 0. The summed E-state index contributed by atoms with van der Waals surface area (Å²) in [5.74, 6) is -0.226. The van der Waals surface area contributed by atoms with Crippen molar-refractivity contribution in [3.05, 3.63) is 58.3 Å². The standard InChI is InChI=1S/C18H23N3O2S/c1-13(11-19)12-20-17(22)15(10-14-6-3-2-4-7-14)21-18(23)16-8-5-9-24-16/h2-9,13,15H,10-12,19H2,1H3,(H,20,22)(H,21,23). The van der Waals surface area contributed by atoms with Crippen LogP contribution in [0.25, 0.3) is 0 Å². The normalized spacial score (nSPS) is 13.1. The van der Waals surface area contributed by atoms with Gasteiger partial charge in [-0.2, -0.15) is 0 Å². The molecule has 1 heterocycles. The van der Waals surface area contributed by atoms with Crippen molar-refractivity contribution in [3.8, 4) is 0 Å². The number of hydrogen-bond donors (Lipinski definition) is 3. The van der Waals surface area contributed by atoms with E-state index in [1.54, 1.807) is 6.07 Å². The molecule has 0 saturated heterocycles. The first-order valence-corrected chi connectivity index (χ1v) is 8.84. The lowest BCUT2D eigenvalue weighted by molar-refractivity contribution is -0.123. The van der Waals surface area contributed by atoms with Crippen LogP contribution in [0.3, 0.4) is 0 Å². The Kier molecular flexibility index (Phi) is 6.96. The number of benzene rings is 1. The summed E-state index contributed by atoms with van der Waals surface area (Å²) in [5.41, 5.74) is 6.58. The van der Waals surface area contributed by atoms with E-state index in [0.717, 1.165) is 5.56 Å². The molecule has 0 aliphatic rings. The molecule has 2 aromatic rings. The molecule has 0 aliphatic carbocycles. The molecule has 0 fully saturated rings. The summed E-state index contributed by atoms with van der Waals surface area (Å²) in [5, 5.41) is 7.55. The molecule has 2 atom stereocenters. The summed E-state index contributed by atoms with van der Waals surface area (Å²) in [6.45, 7) is 2.97. The molecule has 1 aromatic heterocycles. The van der Waals surface area contributed by atoms with E-state index in [0.29, 0.717) is 24.4 Å². The molecular formula is C18H23N3O2S. The number of carbonyl (C=O) groups excluding carboxylic acids is 2. The second-order valence-electron chi connectivity index (χ2n) is 5.78. The summed E-state index contributed by atoms with van der Waals surface area (Å²) in [6.07, 6.45) is 0.445. The highest BCUT2D eigenvalue weighted by Gasteiger charge is 2.22. The second kappa shape index (κ2) is 9.20.